The largest absolute Gasteiger partial charge is 0.345 e. The average Bonchev–Trinajstić information content (AvgIpc) is 2.68. The first-order valence-electron chi connectivity index (χ1n) is 8.20. The summed E-state index contributed by atoms with van der Waals surface area (Å²) in [6, 6.07) is 0. The second-order valence-electron chi connectivity index (χ2n) is 6.53. The van der Waals surface area contributed by atoms with Crippen molar-refractivity contribution < 1.29 is 4.79 Å². The minimum Gasteiger partial charge on any atom is -0.345 e. The van der Waals surface area contributed by atoms with Crippen LogP contribution in [-0.2, 0) is 4.79 Å². The van der Waals surface area contributed by atoms with Crippen LogP contribution in [0.1, 0.15) is 57.8 Å². The van der Waals surface area contributed by atoms with Gasteiger partial charge in [-0.3, -0.25) is 4.79 Å². The van der Waals surface area contributed by atoms with Crippen molar-refractivity contribution in [2.75, 3.05) is 26.7 Å². The highest BCUT2D eigenvalue weighted by atomic mass is 16.2. The molecule has 0 aromatic rings. The van der Waals surface area contributed by atoms with Crippen molar-refractivity contribution in [3.05, 3.63) is 0 Å². The van der Waals surface area contributed by atoms with Crippen LogP contribution in [0.2, 0.25) is 0 Å². The Labute approximate surface area is 118 Å². The van der Waals surface area contributed by atoms with Gasteiger partial charge in [-0.05, 0) is 50.6 Å². The second kappa shape index (κ2) is 7.88. The fourth-order valence-corrected chi connectivity index (χ4v) is 3.52. The van der Waals surface area contributed by atoms with Crippen LogP contribution in [0.15, 0.2) is 0 Å². The fourth-order valence-electron chi connectivity index (χ4n) is 3.52. The number of carbonyl (C=O) groups excluding carboxylic acids is 1. The van der Waals surface area contributed by atoms with Crippen LogP contribution in [0.3, 0.4) is 0 Å². The molecule has 1 amide bonds. The predicted molar refractivity (Wildman–Crippen MR) is 79.0 cm³/mol. The van der Waals surface area contributed by atoms with Crippen LogP contribution in [0, 0.1) is 11.8 Å². The summed E-state index contributed by atoms with van der Waals surface area (Å²) in [4.78, 5) is 14.3. The highest BCUT2D eigenvalue weighted by Gasteiger charge is 2.21. The zero-order valence-electron chi connectivity index (χ0n) is 12.5. The highest BCUT2D eigenvalue weighted by molar-refractivity contribution is 5.76. The lowest BCUT2D eigenvalue weighted by atomic mass is 9.94. The number of nitrogens with one attached hydrogen (secondary N) is 1. The Morgan fingerprint density at radius 1 is 1.00 bits per heavy atom. The smallest absolute Gasteiger partial charge is 0.222 e. The van der Waals surface area contributed by atoms with E-state index in [0.29, 0.717) is 17.7 Å². The summed E-state index contributed by atoms with van der Waals surface area (Å²) in [5, 5.41) is 3.39. The molecule has 0 radical (unpaired) electrons. The topological polar surface area (TPSA) is 32.3 Å². The molecule has 2 fully saturated rings. The van der Waals surface area contributed by atoms with Crippen molar-refractivity contribution in [2.24, 2.45) is 11.8 Å². The maximum Gasteiger partial charge on any atom is 0.222 e. The molecule has 0 aromatic heterocycles. The third-order valence-corrected chi connectivity index (χ3v) is 4.85. The van der Waals surface area contributed by atoms with Gasteiger partial charge in [0.25, 0.3) is 0 Å². The summed E-state index contributed by atoms with van der Waals surface area (Å²) in [6.07, 6.45) is 11.2. The molecular weight excluding hydrogens is 236 g/mol. The number of nitrogens with zero attached hydrogens (tertiary/aromatic N) is 1. The summed E-state index contributed by atoms with van der Waals surface area (Å²) >= 11 is 0. The van der Waals surface area contributed by atoms with Crippen molar-refractivity contribution in [2.45, 2.75) is 57.8 Å². The van der Waals surface area contributed by atoms with E-state index in [-0.39, 0.29) is 0 Å². The molecule has 2 aliphatic rings. The molecule has 1 N–H and O–H groups in total. The number of piperidine rings is 1. The molecule has 1 saturated heterocycles. The van der Waals surface area contributed by atoms with Gasteiger partial charge in [0.2, 0.25) is 5.91 Å². The van der Waals surface area contributed by atoms with E-state index in [4.69, 9.17) is 0 Å². The van der Waals surface area contributed by atoms with E-state index in [2.05, 4.69) is 5.32 Å². The highest BCUT2D eigenvalue weighted by Crippen LogP contribution is 2.26. The molecule has 0 spiro atoms. The molecule has 0 atom stereocenters. The van der Waals surface area contributed by atoms with Crippen LogP contribution in [0.4, 0.5) is 0 Å². The van der Waals surface area contributed by atoms with Gasteiger partial charge in [0.05, 0.1) is 0 Å². The Morgan fingerprint density at radius 3 is 2.26 bits per heavy atom. The Hall–Kier alpha value is -0.570. The number of carbonyl (C=O) groups is 1. The zero-order chi connectivity index (χ0) is 13.5. The third kappa shape index (κ3) is 5.13. The standard InChI is InChI=1S/C16H30N2O/c1-18(13-15-8-10-17-11-9-15)16(19)12-14-6-4-2-3-5-7-14/h14-15,17H,2-13H2,1H3. The van der Waals surface area contributed by atoms with Crippen LogP contribution >= 0.6 is 0 Å². The van der Waals surface area contributed by atoms with Gasteiger partial charge < -0.3 is 10.2 Å². The van der Waals surface area contributed by atoms with Crippen LogP contribution in [-0.4, -0.2) is 37.5 Å². The maximum absolute atomic E-state index is 12.3. The normalized spacial score (nSPS) is 23.0. The van der Waals surface area contributed by atoms with Crippen molar-refractivity contribution >= 4 is 5.91 Å². The van der Waals surface area contributed by atoms with Gasteiger partial charge in [0.1, 0.15) is 0 Å². The minimum absolute atomic E-state index is 0.380. The van der Waals surface area contributed by atoms with E-state index in [0.717, 1.165) is 26.1 Å². The second-order valence-corrected chi connectivity index (χ2v) is 6.53. The fraction of sp³-hybridized carbons (Fsp3) is 0.938. The lowest BCUT2D eigenvalue weighted by Crippen LogP contribution is -2.37. The first-order valence-corrected chi connectivity index (χ1v) is 8.20. The van der Waals surface area contributed by atoms with Crippen molar-refractivity contribution in [1.82, 2.24) is 10.2 Å². The van der Waals surface area contributed by atoms with Gasteiger partial charge in [-0.15, -0.1) is 0 Å². The summed E-state index contributed by atoms with van der Waals surface area (Å²) in [6.45, 7) is 3.21. The number of rotatable bonds is 4. The van der Waals surface area contributed by atoms with Crippen molar-refractivity contribution in [1.29, 1.82) is 0 Å². The lowest BCUT2D eigenvalue weighted by Gasteiger charge is -2.28. The SMILES string of the molecule is CN(CC1CCNCC1)C(=O)CC1CCCCCC1. The molecule has 110 valence electrons. The van der Waals surface area contributed by atoms with Crippen LogP contribution in [0.5, 0.6) is 0 Å². The Bertz CT molecular complexity index is 266. The molecule has 19 heavy (non-hydrogen) atoms. The third-order valence-electron chi connectivity index (χ3n) is 4.85. The molecule has 0 bridgehead atoms. The monoisotopic (exact) mass is 266 g/mol. The molecule has 0 unspecified atom stereocenters. The van der Waals surface area contributed by atoms with Gasteiger partial charge >= 0.3 is 0 Å². The molecular formula is C16H30N2O. The quantitative estimate of drug-likeness (QED) is 0.794. The molecule has 1 saturated carbocycles. The van der Waals surface area contributed by atoms with E-state index in [1.165, 1.54) is 51.4 Å². The van der Waals surface area contributed by atoms with Gasteiger partial charge in [-0.25, -0.2) is 0 Å². The number of hydrogen-bond acceptors (Lipinski definition) is 2. The van der Waals surface area contributed by atoms with E-state index in [9.17, 15) is 4.79 Å². The van der Waals surface area contributed by atoms with Crippen LogP contribution < -0.4 is 5.32 Å². The van der Waals surface area contributed by atoms with E-state index in [1.807, 2.05) is 11.9 Å². The Morgan fingerprint density at radius 2 is 1.63 bits per heavy atom. The minimum atomic E-state index is 0.380. The first kappa shape index (κ1) is 14.8. The van der Waals surface area contributed by atoms with Gasteiger partial charge in [-0.2, -0.15) is 0 Å². The zero-order valence-corrected chi connectivity index (χ0v) is 12.5. The first-order chi connectivity index (χ1) is 9.25. The van der Waals surface area contributed by atoms with Crippen molar-refractivity contribution in [3.63, 3.8) is 0 Å². The Balaban J connectivity index is 1.71. The van der Waals surface area contributed by atoms with Gasteiger partial charge in [0, 0.05) is 20.0 Å². The number of hydrogen-bond donors (Lipinski definition) is 1. The van der Waals surface area contributed by atoms with E-state index >= 15 is 0 Å². The molecule has 3 nitrogen and oxygen atoms in total. The summed E-state index contributed by atoms with van der Waals surface area (Å²) in [7, 11) is 2.00. The van der Waals surface area contributed by atoms with Gasteiger partial charge in [-0.1, -0.05) is 25.7 Å². The molecule has 2 rings (SSSR count). The Kier molecular flexibility index (Phi) is 6.15. The van der Waals surface area contributed by atoms with Crippen LogP contribution in [0.25, 0.3) is 0 Å². The van der Waals surface area contributed by atoms with E-state index in [1.54, 1.807) is 0 Å². The van der Waals surface area contributed by atoms with E-state index < -0.39 is 0 Å². The summed E-state index contributed by atoms with van der Waals surface area (Å²) in [5.41, 5.74) is 0. The molecule has 3 heteroatoms. The van der Waals surface area contributed by atoms with Crippen molar-refractivity contribution in [3.8, 4) is 0 Å². The predicted octanol–water partition coefficient (Wildman–Crippen LogP) is 2.80. The average molecular weight is 266 g/mol. The van der Waals surface area contributed by atoms with Gasteiger partial charge in [0.15, 0.2) is 0 Å². The molecule has 1 heterocycles. The maximum atomic E-state index is 12.3. The summed E-state index contributed by atoms with van der Waals surface area (Å²) < 4.78 is 0. The number of amides is 1. The molecule has 1 aliphatic carbocycles. The molecule has 1 aliphatic heterocycles. The summed E-state index contributed by atoms with van der Waals surface area (Å²) in [5.74, 6) is 1.75. The molecule has 0 aromatic carbocycles. The lowest BCUT2D eigenvalue weighted by molar-refractivity contribution is -0.131.